The number of nitrogens with one attached hydrogen (secondary N) is 1. The summed E-state index contributed by atoms with van der Waals surface area (Å²) in [5.74, 6) is 0.630. The highest BCUT2D eigenvalue weighted by Crippen LogP contribution is 2.16. The van der Waals surface area contributed by atoms with E-state index in [0.717, 1.165) is 12.3 Å². The first-order valence-corrected chi connectivity index (χ1v) is 7.18. The first kappa shape index (κ1) is 16.5. The molecule has 1 N–H and O–H groups in total. The minimum atomic E-state index is -0.300. The molecule has 0 aliphatic heterocycles. The monoisotopic (exact) mass is 279 g/mol. The lowest BCUT2D eigenvalue weighted by Crippen LogP contribution is -2.39. The number of rotatable bonds is 8. The SMILES string of the molecule is CCNC(CCOc1ccc(C)c(C)c1)C(=O)OCC. The summed E-state index contributed by atoms with van der Waals surface area (Å²) >= 11 is 0. The van der Waals surface area contributed by atoms with Gasteiger partial charge in [-0.25, -0.2) is 0 Å². The number of carbonyl (C=O) groups excluding carboxylic acids is 1. The third-order valence-corrected chi connectivity index (χ3v) is 3.18. The van der Waals surface area contributed by atoms with Crippen LogP contribution in [0.15, 0.2) is 18.2 Å². The Bertz CT molecular complexity index is 432. The van der Waals surface area contributed by atoms with Crippen molar-refractivity contribution >= 4 is 5.97 Å². The van der Waals surface area contributed by atoms with Crippen molar-refractivity contribution in [3.8, 4) is 5.75 Å². The Labute approximate surface area is 121 Å². The lowest BCUT2D eigenvalue weighted by atomic mass is 10.1. The Balaban J connectivity index is 2.47. The molecular weight excluding hydrogens is 254 g/mol. The van der Waals surface area contributed by atoms with Gasteiger partial charge in [0.15, 0.2) is 0 Å². The van der Waals surface area contributed by atoms with Crippen LogP contribution in [0.1, 0.15) is 31.4 Å². The van der Waals surface area contributed by atoms with Crippen LogP contribution in [0.2, 0.25) is 0 Å². The van der Waals surface area contributed by atoms with E-state index in [2.05, 4.69) is 19.2 Å². The average molecular weight is 279 g/mol. The van der Waals surface area contributed by atoms with Crippen molar-refractivity contribution in [3.63, 3.8) is 0 Å². The van der Waals surface area contributed by atoms with Gasteiger partial charge in [-0.1, -0.05) is 13.0 Å². The van der Waals surface area contributed by atoms with E-state index in [0.29, 0.717) is 19.6 Å². The molecule has 0 amide bonds. The number of likely N-dealkylation sites (N-methyl/N-ethyl adjacent to an activating group) is 1. The smallest absolute Gasteiger partial charge is 0.323 e. The lowest BCUT2D eigenvalue weighted by Gasteiger charge is -2.16. The second-order valence-corrected chi connectivity index (χ2v) is 4.75. The normalized spacial score (nSPS) is 12.0. The molecule has 20 heavy (non-hydrogen) atoms. The zero-order valence-electron chi connectivity index (χ0n) is 12.9. The van der Waals surface area contributed by atoms with Crippen LogP contribution in [-0.2, 0) is 9.53 Å². The molecule has 1 atom stereocenters. The maximum absolute atomic E-state index is 11.7. The van der Waals surface area contributed by atoms with Crippen molar-refractivity contribution in [1.29, 1.82) is 0 Å². The van der Waals surface area contributed by atoms with Gasteiger partial charge in [0.2, 0.25) is 0 Å². The first-order chi connectivity index (χ1) is 9.58. The van der Waals surface area contributed by atoms with Crippen LogP contribution in [0.25, 0.3) is 0 Å². The summed E-state index contributed by atoms with van der Waals surface area (Å²) < 4.78 is 10.7. The molecule has 1 rings (SSSR count). The van der Waals surface area contributed by atoms with E-state index in [4.69, 9.17) is 9.47 Å². The summed E-state index contributed by atoms with van der Waals surface area (Å²) in [7, 11) is 0. The van der Waals surface area contributed by atoms with Gasteiger partial charge in [0.1, 0.15) is 11.8 Å². The molecule has 0 aliphatic carbocycles. The third kappa shape index (κ3) is 5.21. The van der Waals surface area contributed by atoms with E-state index in [1.165, 1.54) is 11.1 Å². The summed E-state index contributed by atoms with van der Waals surface area (Å²) in [5, 5.41) is 3.12. The molecule has 4 nitrogen and oxygen atoms in total. The van der Waals surface area contributed by atoms with Crippen molar-refractivity contribution in [2.45, 2.75) is 40.2 Å². The van der Waals surface area contributed by atoms with Crippen LogP contribution in [-0.4, -0.2) is 31.8 Å². The molecular formula is C16H25NO3. The first-order valence-electron chi connectivity index (χ1n) is 7.18. The Morgan fingerprint density at radius 1 is 1.25 bits per heavy atom. The van der Waals surface area contributed by atoms with Gasteiger partial charge in [-0.2, -0.15) is 0 Å². The van der Waals surface area contributed by atoms with Crippen LogP contribution in [0.3, 0.4) is 0 Å². The predicted octanol–water partition coefficient (Wildman–Crippen LogP) is 2.61. The summed E-state index contributed by atoms with van der Waals surface area (Å²) in [6.45, 7) is 9.52. The van der Waals surface area contributed by atoms with Gasteiger partial charge in [-0.3, -0.25) is 4.79 Å². The van der Waals surface area contributed by atoms with Gasteiger partial charge in [-0.05, 0) is 50.6 Å². The van der Waals surface area contributed by atoms with Gasteiger partial charge in [-0.15, -0.1) is 0 Å². The molecule has 0 fully saturated rings. The van der Waals surface area contributed by atoms with E-state index in [-0.39, 0.29) is 12.0 Å². The van der Waals surface area contributed by atoms with E-state index in [1.54, 1.807) is 0 Å². The predicted molar refractivity (Wildman–Crippen MR) is 80.1 cm³/mol. The second-order valence-electron chi connectivity index (χ2n) is 4.75. The fourth-order valence-electron chi connectivity index (χ4n) is 1.89. The van der Waals surface area contributed by atoms with Gasteiger partial charge in [0.05, 0.1) is 13.2 Å². The van der Waals surface area contributed by atoms with Crippen molar-refractivity contribution < 1.29 is 14.3 Å². The Morgan fingerprint density at radius 3 is 2.60 bits per heavy atom. The minimum Gasteiger partial charge on any atom is -0.494 e. The number of ether oxygens (including phenoxy) is 2. The maximum atomic E-state index is 11.7. The molecule has 1 aromatic carbocycles. The van der Waals surface area contributed by atoms with Gasteiger partial charge >= 0.3 is 5.97 Å². The number of hydrogen-bond acceptors (Lipinski definition) is 4. The van der Waals surface area contributed by atoms with Crippen molar-refractivity contribution in [1.82, 2.24) is 5.32 Å². The molecule has 0 spiro atoms. The van der Waals surface area contributed by atoms with Crippen LogP contribution >= 0.6 is 0 Å². The molecule has 4 heteroatoms. The highest BCUT2D eigenvalue weighted by atomic mass is 16.5. The number of carbonyl (C=O) groups is 1. The molecule has 0 saturated heterocycles. The van der Waals surface area contributed by atoms with Gasteiger partial charge in [0.25, 0.3) is 0 Å². The van der Waals surface area contributed by atoms with Crippen LogP contribution in [0.4, 0.5) is 0 Å². The zero-order chi connectivity index (χ0) is 15.0. The summed E-state index contributed by atoms with van der Waals surface area (Å²) in [5.41, 5.74) is 2.45. The molecule has 0 aromatic heterocycles. The Morgan fingerprint density at radius 2 is 2.00 bits per heavy atom. The summed E-state index contributed by atoms with van der Waals surface area (Å²) in [6.07, 6.45) is 0.597. The Kier molecular flexibility index (Phi) is 7.09. The maximum Gasteiger partial charge on any atom is 0.323 e. The largest absolute Gasteiger partial charge is 0.494 e. The van der Waals surface area contributed by atoms with Crippen LogP contribution in [0.5, 0.6) is 5.75 Å². The summed E-state index contributed by atoms with van der Waals surface area (Å²) in [4.78, 5) is 11.7. The van der Waals surface area contributed by atoms with E-state index in [9.17, 15) is 4.79 Å². The van der Waals surface area contributed by atoms with Crippen molar-refractivity contribution in [3.05, 3.63) is 29.3 Å². The fraction of sp³-hybridized carbons (Fsp3) is 0.562. The quantitative estimate of drug-likeness (QED) is 0.743. The third-order valence-electron chi connectivity index (χ3n) is 3.18. The molecule has 112 valence electrons. The molecule has 1 aromatic rings. The minimum absolute atomic E-state index is 0.210. The average Bonchev–Trinajstić information content (AvgIpc) is 2.42. The summed E-state index contributed by atoms with van der Waals surface area (Å²) in [6, 6.07) is 5.71. The lowest BCUT2D eigenvalue weighted by molar-refractivity contribution is -0.146. The van der Waals surface area contributed by atoms with Gasteiger partial charge in [0, 0.05) is 6.42 Å². The molecule has 0 saturated carbocycles. The van der Waals surface area contributed by atoms with E-state index < -0.39 is 0 Å². The highest BCUT2D eigenvalue weighted by Gasteiger charge is 2.18. The standard InChI is InChI=1S/C16H25NO3/c1-5-17-15(16(18)19-6-2)9-10-20-14-8-7-12(3)13(4)11-14/h7-8,11,15,17H,5-6,9-10H2,1-4H3. The fourth-order valence-corrected chi connectivity index (χ4v) is 1.89. The number of benzene rings is 1. The highest BCUT2D eigenvalue weighted by molar-refractivity contribution is 5.75. The number of esters is 1. The van der Waals surface area contributed by atoms with Crippen LogP contribution < -0.4 is 10.1 Å². The van der Waals surface area contributed by atoms with E-state index in [1.807, 2.05) is 32.0 Å². The molecule has 0 radical (unpaired) electrons. The number of hydrogen-bond donors (Lipinski definition) is 1. The molecule has 0 bridgehead atoms. The van der Waals surface area contributed by atoms with Crippen molar-refractivity contribution in [2.24, 2.45) is 0 Å². The van der Waals surface area contributed by atoms with Crippen LogP contribution in [0, 0.1) is 13.8 Å². The molecule has 0 aliphatic rings. The topological polar surface area (TPSA) is 47.6 Å². The second kappa shape index (κ2) is 8.59. The molecule has 0 heterocycles. The zero-order valence-corrected chi connectivity index (χ0v) is 12.9. The Hall–Kier alpha value is -1.55. The molecule has 1 unspecified atom stereocenters. The van der Waals surface area contributed by atoms with Gasteiger partial charge < -0.3 is 14.8 Å². The van der Waals surface area contributed by atoms with E-state index >= 15 is 0 Å². The van der Waals surface area contributed by atoms with Crippen molar-refractivity contribution in [2.75, 3.05) is 19.8 Å². The number of aryl methyl sites for hydroxylation is 2.